The molecule has 0 fully saturated rings. The van der Waals surface area contributed by atoms with Crippen LogP contribution in [0.25, 0.3) is 0 Å². The van der Waals surface area contributed by atoms with Gasteiger partial charge in [-0.25, -0.2) is 0 Å². The Morgan fingerprint density at radius 3 is 2.38 bits per heavy atom. The van der Waals surface area contributed by atoms with Crippen LogP contribution in [-0.4, -0.2) is 24.1 Å². The molecule has 0 spiro atoms. The van der Waals surface area contributed by atoms with Gasteiger partial charge in [0.1, 0.15) is 6.29 Å². The number of carbonyl (C=O) groups excluding carboxylic acids is 2. The van der Waals surface area contributed by atoms with Crippen LogP contribution < -0.4 is 0 Å². The Hall–Kier alpha value is -1.64. The average Bonchev–Trinajstić information content (AvgIpc) is 2.19. The van der Waals surface area contributed by atoms with Gasteiger partial charge >= 0.3 is 0 Å². The number of benzene rings is 1. The molecule has 0 radical (unpaired) electrons. The van der Waals surface area contributed by atoms with Gasteiger partial charge < -0.3 is 9.69 Å². The fraction of sp³-hybridized carbons (Fsp3) is 0.200. The van der Waals surface area contributed by atoms with Crippen molar-refractivity contribution in [2.24, 2.45) is 0 Å². The molecule has 0 atom stereocenters. The predicted molar refractivity (Wildman–Crippen MR) is 49.0 cm³/mol. The fourth-order valence-corrected chi connectivity index (χ4v) is 1.06. The van der Waals surface area contributed by atoms with Crippen molar-refractivity contribution >= 4 is 12.7 Å². The maximum atomic E-state index is 10.5. The van der Waals surface area contributed by atoms with Gasteiger partial charge in [0.15, 0.2) is 0 Å². The highest BCUT2D eigenvalue weighted by Gasteiger charge is 2.00. The van der Waals surface area contributed by atoms with Gasteiger partial charge in [0, 0.05) is 6.54 Å². The quantitative estimate of drug-likeness (QED) is 0.625. The maximum absolute atomic E-state index is 10.5. The molecule has 0 aliphatic rings. The Morgan fingerprint density at radius 1 is 1.15 bits per heavy atom. The molecule has 1 aromatic carbocycles. The number of carbonyl (C=O) groups is 2. The fourth-order valence-electron chi connectivity index (χ4n) is 1.06. The topological polar surface area (TPSA) is 37.4 Å². The van der Waals surface area contributed by atoms with Crippen molar-refractivity contribution < 1.29 is 9.59 Å². The maximum Gasteiger partial charge on any atom is 0.210 e. The molecule has 0 unspecified atom stereocenters. The summed E-state index contributed by atoms with van der Waals surface area (Å²) in [5, 5.41) is 0. The minimum absolute atomic E-state index is 0.151. The Kier molecular flexibility index (Phi) is 3.70. The van der Waals surface area contributed by atoms with Crippen molar-refractivity contribution in [3.05, 3.63) is 35.9 Å². The van der Waals surface area contributed by atoms with Crippen LogP contribution in [0.5, 0.6) is 0 Å². The molecule has 0 bridgehead atoms. The van der Waals surface area contributed by atoms with E-state index >= 15 is 0 Å². The van der Waals surface area contributed by atoms with Gasteiger partial charge in [-0.05, 0) is 5.56 Å². The molecular formula is C10H11NO2. The Labute approximate surface area is 77.0 Å². The average molecular weight is 177 g/mol. The highest BCUT2D eigenvalue weighted by molar-refractivity contribution is 5.59. The van der Waals surface area contributed by atoms with E-state index in [1.807, 2.05) is 30.3 Å². The number of hydrogen-bond donors (Lipinski definition) is 0. The zero-order chi connectivity index (χ0) is 9.52. The molecule has 68 valence electrons. The van der Waals surface area contributed by atoms with Gasteiger partial charge in [0.05, 0.1) is 6.54 Å². The summed E-state index contributed by atoms with van der Waals surface area (Å²) in [7, 11) is 0. The van der Waals surface area contributed by atoms with E-state index in [0.717, 1.165) is 11.8 Å². The van der Waals surface area contributed by atoms with Crippen LogP contribution in [0.1, 0.15) is 5.56 Å². The molecule has 0 saturated carbocycles. The standard InChI is InChI=1S/C10H11NO2/c12-7-6-11(9-13)8-10-4-2-1-3-5-10/h1-5,7,9H,6,8H2. The number of aldehydes is 1. The summed E-state index contributed by atoms with van der Waals surface area (Å²) in [6.07, 6.45) is 1.40. The lowest BCUT2D eigenvalue weighted by Gasteiger charge is -2.13. The molecule has 0 saturated heterocycles. The molecular weight excluding hydrogens is 166 g/mol. The zero-order valence-corrected chi connectivity index (χ0v) is 7.22. The van der Waals surface area contributed by atoms with Crippen LogP contribution in [0, 0.1) is 0 Å². The Balaban J connectivity index is 2.56. The van der Waals surface area contributed by atoms with Crippen molar-refractivity contribution in [2.75, 3.05) is 6.54 Å². The van der Waals surface area contributed by atoms with Gasteiger partial charge in [0.25, 0.3) is 0 Å². The van der Waals surface area contributed by atoms with E-state index in [1.165, 1.54) is 4.90 Å². The van der Waals surface area contributed by atoms with E-state index in [0.29, 0.717) is 13.0 Å². The van der Waals surface area contributed by atoms with Gasteiger partial charge in [-0.15, -0.1) is 0 Å². The molecule has 0 aliphatic heterocycles. The number of hydrogen-bond acceptors (Lipinski definition) is 2. The Morgan fingerprint density at radius 2 is 1.85 bits per heavy atom. The third kappa shape index (κ3) is 3.07. The minimum Gasteiger partial charge on any atom is -0.334 e. The van der Waals surface area contributed by atoms with Crippen LogP contribution in [0.4, 0.5) is 0 Å². The summed E-state index contributed by atoms with van der Waals surface area (Å²) < 4.78 is 0. The molecule has 13 heavy (non-hydrogen) atoms. The molecule has 1 aromatic rings. The number of amides is 1. The summed E-state index contributed by atoms with van der Waals surface area (Å²) in [4.78, 5) is 22.0. The number of rotatable bonds is 5. The van der Waals surface area contributed by atoms with Crippen molar-refractivity contribution in [3.8, 4) is 0 Å². The van der Waals surface area contributed by atoms with Crippen LogP contribution in [0.2, 0.25) is 0 Å². The highest BCUT2D eigenvalue weighted by Crippen LogP contribution is 2.01. The summed E-state index contributed by atoms with van der Waals surface area (Å²) in [6.45, 7) is 0.640. The molecule has 3 nitrogen and oxygen atoms in total. The second kappa shape index (κ2) is 5.09. The van der Waals surface area contributed by atoms with Gasteiger partial charge in [-0.1, -0.05) is 30.3 Å². The smallest absolute Gasteiger partial charge is 0.210 e. The van der Waals surface area contributed by atoms with E-state index in [2.05, 4.69) is 0 Å². The lowest BCUT2D eigenvalue weighted by Crippen LogP contribution is -2.23. The largest absolute Gasteiger partial charge is 0.334 e. The monoisotopic (exact) mass is 177 g/mol. The first-order chi connectivity index (χ1) is 6.36. The van der Waals surface area contributed by atoms with E-state index in [1.54, 1.807) is 0 Å². The molecule has 0 aliphatic carbocycles. The second-order valence-corrected chi connectivity index (χ2v) is 2.69. The molecule has 0 aromatic heterocycles. The first kappa shape index (κ1) is 9.45. The third-order valence-corrected chi connectivity index (χ3v) is 1.69. The van der Waals surface area contributed by atoms with Crippen molar-refractivity contribution in [3.63, 3.8) is 0 Å². The zero-order valence-electron chi connectivity index (χ0n) is 7.22. The van der Waals surface area contributed by atoms with E-state index in [9.17, 15) is 9.59 Å². The Bertz CT molecular complexity index is 272. The number of nitrogens with zero attached hydrogens (tertiary/aromatic N) is 1. The van der Waals surface area contributed by atoms with Crippen LogP contribution >= 0.6 is 0 Å². The summed E-state index contributed by atoms with van der Waals surface area (Å²) in [5.41, 5.74) is 1.02. The molecule has 1 amide bonds. The van der Waals surface area contributed by atoms with E-state index < -0.39 is 0 Å². The van der Waals surface area contributed by atoms with E-state index in [-0.39, 0.29) is 6.54 Å². The summed E-state index contributed by atoms with van der Waals surface area (Å²) >= 11 is 0. The summed E-state index contributed by atoms with van der Waals surface area (Å²) in [5.74, 6) is 0. The molecule has 0 N–H and O–H groups in total. The van der Waals surface area contributed by atoms with Crippen molar-refractivity contribution in [2.45, 2.75) is 6.54 Å². The van der Waals surface area contributed by atoms with Crippen LogP contribution in [0.3, 0.4) is 0 Å². The van der Waals surface area contributed by atoms with Gasteiger partial charge in [-0.3, -0.25) is 4.79 Å². The van der Waals surface area contributed by atoms with Crippen LogP contribution in [0.15, 0.2) is 30.3 Å². The third-order valence-electron chi connectivity index (χ3n) is 1.69. The van der Waals surface area contributed by atoms with Gasteiger partial charge in [0.2, 0.25) is 6.41 Å². The first-order valence-electron chi connectivity index (χ1n) is 4.03. The normalized spacial score (nSPS) is 9.23. The molecule has 3 heteroatoms. The second-order valence-electron chi connectivity index (χ2n) is 2.69. The van der Waals surface area contributed by atoms with Gasteiger partial charge in [-0.2, -0.15) is 0 Å². The lowest BCUT2D eigenvalue weighted by atomic mass is 10.2. The molecule has 1 rings (SSSR count). The van der Waals surface area contributed by atoms with Crippen LogP contribution in [-0.2, 0) is 16.1 Å². The molecule has 0 heterocycles. The highest BCUT2D eigenvalue weighted by atomic mass is 16.1. The predicted octanol–water partition coefficient (Wildman–Crippen LogP) is 0.844. The first-order valence-corrected chi connectivity index (χ1v) is 4.03. The van der Waals surface area contributed by atoms with Crippen molar-refractivity contribution in [1.82, 2.24) is 4.90 Å². The van der Waals surface area contributed by atoms with Crippen molar-refractivity contribution in [1.29, 1.82) is 0 Å². The SMILES string of the molecule is O=CCN(C=O)Cc1ccccc1. The summed E-state index contributed by atoms with van der Waals surface area (Å²) in [6, 6.07) is 9.55. The minimum atomic E-state index is 0.151. The lowest BCUT2D eigenvalue weighted by molar-refractivity contribution is -0.122. The van der Waals surface area contributed by atoms with E-state index in [4.69, 9.17) is 0 Å².